The van der Waals surface area contributed by atoms with E-state index in [9.17, 15) is 0 Å². The number of hydrogen-bond donors (Lipinski definition) is 1. The lowest BCUT2D eigenvalue weighted by Crippen LogP contribution is -1.89. The Labute approximate surface area is 64.7 Å². The summed E-state index contributed by atoms with van der Waals surface area (Å²) in [5.41, 5.74) is 0.519. The summed E-state index contributed by atoms with van der Waals surface area (Å²) >= 11 is 0. The Hall–Kier alpha value is -1.64. The normalized spacial score (nSPS) is 11.1. The highest BCUT2D eigenvalue weighted by molar-refractivity contribution is 5.67. The first-order valence-electron chi connectivity index (χ1n) is 3.12. The van der Waals surface area contributed by atoms with Crippen LogP contribution in [0.3, 0.4) is 0 Å². The second kappa shape index (κ2) is 3.51. The Balaban J connectivity index is 3.01. The molecule has 1 N–H and O–H groups in total. The Kier molecular flexibility index (Phi) is 2.38. The second-order valence-corrected chi connectivity index (χ2v) is 1.86. The third kappa shape index (κ3) is 1.64. The molecule has 0 aromatic carbocycles. The van der Waals surface area contributed by atoms with Gasteiger partial charge in [0.15, 0.2) is 5.82 Å². The van der Waals surface area contributed by atoms with Gasteiger partial charge in [-0.3, -0.25) is 0 Å². The second-order valence-electron chi connectivity index (χ2n) is 1.86. The zero-order chi connectivity index (χ0) is 8.10. The monoisotopic (exact) mass is 148 g/mol. The molecule has 0 atom stereocenters. The maximum Gasteiger partial charge on any atom is 0.162 e. The number of aromatic nitrogens is 2. The lowest BCUT2D eigenvalue weighted by Gasteiger charge is -1.95. The molecule has 0 aliphatic rings. The number of aliphatic hydroxyl groups is 1. The summed E-state index contributed by atoms with van der Waals surface area (Å²) in [5, 5.41) is 8.67. The molecule has 3 heteroatoms. The van der Waals surface area contributed by atoms with Crippen LogP contribution in [0.5, 0.6) is 0 Å². The lowest BCUT2D eigenvalue weighted by atomic mass is 10.3. The van der Waals surface area contributed by atoms with Gasteiger partial charge in [0.25, 0.3) is 0 Å². The van der Waals surface area contributed by atoms with E-state index in [4.69, 9.17) is 5.11 Å². The quantitative estimate of drug-likeness (QED) is 0.511. The van der Waals surface area contributed by atoms with Crippen LogP contribution in [0.25, 0.3) is 5.57 Å². The van der Waals surface area contributed by atoms with Crippen LogP contribution >= 0.6 is 0 Å². The highest BCUT2D eigenvalue weighted by Crippen LogP contribution is 2.06. The Morgan fingerprint density at radius 3 is 2.55 bits per heavy atom. The Bertz CT molecular complexity index is 267. The van der Waals surface area contributed by atoms with Crippen molar-refractivity contribution in [3.05, 3.63) is 43.2 Å². The van der Waals surface area contributed by atoms with Gasteiger partial charge >= 0.3 is 0 Å². The van der Waals surface area contributed by atoms with Crippen molar-refractivity contribution in [3.8, 4) is 0 Å². The van der Waals surface area contributed by atoms with Crippen LogP contribution in [0.2, 0.25) is 0 Å². The standard InChI is InChI=1S/C8H8N2O/c1-2-7(6-11)8-9-4-3-5-10-8/h2-6,11H,1H2. The molecular weight excluding hydrogens is 140 g/mol. The molecule has 3 nitrogen and oxygen atoms in total. The molecule has 1 rings (SSSR count). The molecule has 11 heavy (non-hydrogen) atoms. The molecule has 0 fully saturated rings. The van der Waals surface area contributed by atoms with Gasteiger partial charge in [0, 0.05) is 12.4 Å². The van der Waals surface area contributed by atoms with Crippen molar-refractivity contribution in [2.24, 2.45) is 0 Å². The SMILES string of the molecule is C=CC(=CO)c1ncccn1. The average molecular weight is 148 g/mol. The molecule has 0 aliphatic carbocycles. The highest BCUT2D eigenvalue weighted by atomic mass is 16.2. The van der Waals surface area contributed by atoms with Crippen molar-refractivity contribution >= 4 is 5.57 Å². The number of aliphatic hydroxyl groups excluding tert-OH is 1. The summed E-state index contributed by atoms with van der Waals surface area (Å²) in [6.07, 6.45) is 5.64. The van der Waals surface area contributed by atoms with E-state index in [1.807, 2.05) is 0 Å². The fourth-order valence-corrected chi connectivity index (χ4v) is 0.650. The summed E-state index contributed by atoms with van der Waals surface area (Å²) in [4.78, 5) is 7.82. The first-order valence-corrected chi connectivity index (χ1v) is 3.12. The van der Waals surface area contributed by atoms with Gasteiger partial charge in [-0.2, -0.15) is 0 Å². The zero-order valence-electron chi connectivity index (χ0n) is 5.94. The fourth-order valence-electron chi connectivity index (χ4n) is 0.650. The minimum Gasteiger partial charge on any atom is -0.515 e. The molecule has 0 saturated carbocycles. The van der Waals surface area contributed by atoms with Gasteiger partial charge in [0.05, 0.1) is 11.8 Å². The van der Waals surface area contributed by atoms with Gasteiger partial charge < -0.3 is 5.11 Å². The molecule has 0 radical (unpaired) electrons. The van der Waals surface area contributed by atoms with Crippen LogP contribution in [0.15, 0.2) is 37.4 Å². The van der Waals surface area contributed by atoms with Gasteiger partial charge in [-0.25, -0.2) is 9.97 Å². The van der Waals surface area contributed by atoms with E-state index < -0.39 is 0 Å². The van der Waals surface area contributed by atoms with Gasteiger partial charge in [0.2, 0.25) is 0 Å². The minimum absolute atomic E-state index is 0.477. The van der Waals surface area contributed by atoms with Crippen LogP contribution in [-0.4, -0.2) is 15.1 Å². The van der Waals surface area contributed by atoms with Crippen LogP contribution in [0, 0.1) is 0 Å². The van der Waals surface area contributed by atoms with E-state index in [1.54, 1.807) is 18.5 Å². The summed E-state index contributed by atoms with van der Waals surface area (Å²) in [5.74, 6) is 0.477. The van der Waals surface area contributed by atoms with E-state index in [2.05, 4.69) is 16.5 Å². The molecule has 0 bridgehead atoms. The van der Waals surface area contributed by atoms with Gasteiger partial charge in [0.1, 0.15) is 0 Å². The first-order chi connectivity index (χ1) is 5.38. The lowest BCUT2D eigenvalue weighted by molar-refractivity contribution is 0.476. The number of nitrogens with zero attached hydrogens (tertiary/aromatic N) is 2. The Morgan fingerprint density at radius 1 is 1.45 bits per heavy atom. The van der Waals surface area contributed by atoms with Gasteiger partial charge in [-0.15, -0.1) is 0 Å². The molecule has 0 saturated heterocycles. The van der Waals surface area contributed by atoms with E-state index in [1.165, 1.54) is 6.08 Å². The van der Waals surface area contributed by atoms with Gasteiger partial charge in [-0.05, 0) is 6.07 Å². The molecular formula is C8H8N2O. The minimum atomic E-state index is 0.477. The molecule has 1 aromatic rings. The number of allylic oxidation sites excluding steroid dienone is 2. The van der Waals surface area contributed by atoms with Crippen LogP contribution in [0.4, 0.5) is 0 Å². The Morgan fingerprint density at radius 2 is 2.09 bits per heavy atom. The third-order valence-electron chi connectivity index (χ3n) is 1.18. The van der Waals surface area contributed by atoms with Crippen molar-refractivity contribution in [3.63, 3.8) is 0 Å². The average Bonchev–Trinajstić information content (AvgIpc) is 2.09. The largest absolute Gasteiger partial charge is 0.515 e. The van der Waals surface area contributed by atoms with E-state index >= 15 is 0 Å². The first kappa shape index (κ1) is 7.47. The van der Waals surface area contributed by atoms with Crippen LogP contribution < -0.4 is 0 Å². The molecule has 56 valence electrons. The topological polar surface area (TPSA) is 46.0 Å². The molecule has 0 unspecified atom stereocenters. The zero-order valence-corrected chi connectivity index (χ0v) is 5.94. The van der Waals surface area contributed by atoms with Gasteiger partial charge in [-0.1, -0.05) is 12.7 Å². The third-order valence-corrected chi connectivity index (χ3v) is 1.18. The van der Waals surface area contributed by atoms with Crippen molar-refractivity contribution in [1.29, 1.82) is 0 Å². The highest BCUT2D eigenvalue weighted by Gasteiger charge is 1.97. The summed E-state index contributed by atoms with van der Waals surface area (Å²) < 4.78 is 0. The summed E-state index contributed by atoms with van der Waals surface area (Å²) in [6, 6.07) is 1.71. The molecule has 0 aliphatic heterocycles. The smallest absolute Gasteiger partial charge is 0.162 e. The predicted molar refractivity (Wildman–Crippen MR) is 42.8 cm³/mol. The van der Waals surface area contributed by atoms with Crippen LogP contribution in [0.1, 0.15) is 5.82 Å². The molecule has 0 amide bonds. The van der Waals surface area contributed by atoms with Crippen molar-refractivity contribution in [1.82, 2.24) is 9.97 Å². The van der Waals surface area contributed by atoms with E-state index in [0.717, 1.165) is 6.26 Å². The number of hydrogen-bond acceptors (Lipinski definition) is 3. The predicted octanol–water partition coefficient (Wildman–Crippen LogP) is 1.56. The maximum atomic E-state index is 8.67. The van der Waals surface area contributed by atoms with E-state index in [0.29, 0.717) is 11.4 Å². The molecule has 0 spiro atoms. The summed E-state index contributed by atoms with van der Waals surface area (Å²) in [6.45, 7) is 3.50. The fraction of sp³-hybridized carbons (Fsp3) is 0. The molecule has 1 heterocycles. The summed E-state index contributed by atoms with van der Waals surface area (Å²) in [7, 11) is 0. The molecule has 1 aromatic heterocycles. The van der Waals surface area contributed by atoms with E-state index in [-0.39, 0.29) is 0 Å². The van der Waals surface area contributed by atoms with Crippen LogP contribution in [-0.2, 0) is 0 Å². The van der Waals surface area contributed by atoms with Crippen molar-refractivity contribution in [2.45, 2.75) is 0 Å². The number of rotatable bonds is 2. The van der Waals surface area contributed by atoms with Crippen molar-refractivity contribution in [2.75, 3.05) is 0 Å². The maximum absolute atomic E-state index is 8.67. The van der Waals surface area contributed by atoms with Crippen molar-refractivity contribution < 1.29 is 5.11 Å².